The Hall–Kier alpha value is -1.80. The summed E-state index contributed by atoms with van der Waals surface area (Å²) in [5, 5.41) is 3.34. The first kappa shape index (κ1) is 14.6. The first-order valence-electron chi connectivity index (χ1n) is 7.19. The van der Waals surface area contributed by atoms with E-state index in [0.717, 1.165) is 12.2 Å². The van der Waals surface area contributed by atoms with Crippen molar-refractivity contribution in [1.82, 2.24) is 5.32 Å². The monoisotopic (exact) mass is 269 g/mol. The van der Waals surface area contributed by atoms with Crippen molar-refractivity contribution in [2.45, 2.75) is 32.9 Å². The predicted molar refractivity (Wildman–Crippen MR) is 84.0 cm³/mol. The van der Waals surface area contributed by atoms with Gasteiger partial charge in [0.05, 0.1) is 0 Å². The van der Waals surface area contributed by atoms with E-state index in [9.17, 15) is 0 Å². The molecule has 0 bridgehead atoms. The molecular formula is C18H23NO. The molecule has 0 amide bonds. The van der Waals surface area contributed by atoms with Crippen LogP contribution in [-0.2, 0) is 6.61 Å². The zero-order valence-electron chi connectivity index (χ0n) is 12.5. The second-order valence-electron chi connectivity index (χ2n) is 5.00. The van der Waals surface area contributed by atoms with Crippen LogP contribution in [0.4, 0.5) is 0 Å². The highest BCUT2D eigenvalue weighted by Gasteiger charge is 2.12. The second-order valence-corrected chi connectivity index (χ2v) is 5.00. The van der Waals surface area contributed by atoms with Gasteiger partial charge < -0.3 is 10.1 Å². The Morgan fingerprint density at radius 3 is 2.45 bits per heavy atom. The number of ether oxygens (including phenoxy) is 1. The second kappa shape index (κ2) is 7.11. The van der Waals surface area contributed by atoms with Crippen LogP contribution in [0, 0.1) is 6.92 Å². The lowest BCUT2D eigenvalue weighted by Crippen LogP contribution is -2.16. The minimum absolute atomic E-state index is 0.336. The smallest absolute Gasteiger partial charge is 0.124 e. The van der Waals surface area contributed by atoms with Gasteiger partial charge >= 0.3 is 0 Å². The van der Waals surface area contributed by atoms with E-state index in [1.165, 1.54) is 16.7 Å². The molecule has 2 heteroatoms. The largest absolute Gasteiger partial charge is 0.489 e. The summed E-state index contributed by atoms with van der Waals surface area (Å²) in [6.07, 6.45) is 1.04. The lowest BCUT2D eigenvalue weighted by molar-refractivity contribution is 0.298. The molecule has 2 aromatic carbocycles. The molecular weight excluding hydrogens is 246 g/mol. The Morgan fingerprint density at radius 2 is 1.75 bits per heavy atom. The van der Waals surface area contributed by atoms with Crippen molar-refractivity contribution in [2.24, 2.45) is 0 Å². The van der Waals surface area contributed by atoms with Crippen LogP contribution in [0.1, 0.15) is 36.1 Å². The Bertz CT molecular complexity index is 547. The predicted octanol–water partition coefficient (Wildman–Crippen LogP) is 4.24. The van der Waals surface area contributed by atoms with E-state index in [1.54, 1.807) is 0 Å². The molecule has 0 spiro atoms. The minimum Gasteiger partial charge on any atom is -0.489 e. The molecule has 1 atom stereocenters. The number of para-hydroxylation sites is 1. The van der Waals surface area contributed by atoms with Crippen LogP contribution < -0.4 is 10.1 Å². The molecule has 0 heterocycles. The van der Waals surface area contributed by atoms with Crippen molar-refractivity contribution in [3.63, 3.8) is 0 Å². The van der Waals surface area contributed by atoms with E-state index in [4.69, 9.17) is 4.74 Å². The fraction of sp³-hybridized carbons (Fsp3) is 0.333. The Morgan fingerprint density at radius 1 is 1.05 bits per heavy atom. The van der Waals surface area contributed by atoms with Crippen molar-refractivity contribution < 1.29 is 4.74 Å². The van der Waals surface area contributed by atoms with E-state index in [1.807, 2.05) is 19.2 Å². The first-order chi connectivity index (χ1) is 9.76. The van der Waals surface area contributed by atoms with Crippen molar-refractivity contribution in [2.75, 3.05) is 7.05 Å². The lowest BCUT2D eigenvalue weighted by atomic mass is 10.0. The number of aryl methyl sites for hydroxylation is 1. The highest BCUT2D eigenvalue weighted by Crippen LogP contribution is 2.27. The van der Waals surface area contributed by atoms with Crippen LogP contribution in [0.25, 0.3) is 0 Å². The highest BCUT2D eigenvalue weighted by atomic mass is 16.5. The van der Waals surface area contributed by atoms with Crippen molar-refractivity contribution in [1.29, 1.82) is 0 Å². The zero-order valence-corrected chi connectivity index (χ0v) is 12.5. The fourth-order valence-electron chi connectivity index (χ4n) is 2.41. The van der Waals surface area contributed by atoms with Gasteiger partial charge in [-0.2, -0.15) is 0 Å². The maximum atomic E-state index is 6.05. The average Bonchev–Trinajstić information content (AvgIpc) is 2.49. The van der Waals surface area contributed by atoms with E-state index < -0.39 is 0 Å². The van der Waals surface area contributed by atoms with Crippen molar-refractivity contribution in [3.05, 3.63) is 65.2 Å². The highest BCUT2D eigenvalue weighted by molar-refractivity contribution is 5.36. The summed E-state index contributed by atoms with van der Waals surface area (Å²) in [6.45, 7) is 4.91. The van der Waals surface area contributed by atoms with Crippen molar-refractivity contribution in [3.8, 4) is 5.75 Å². The van der Waals surface area contributed by atoms with Gasteiger partial charge in [-0.15, -0.1) is 0 Å². The fourth-order valence-corrected chi connectivity index (χ4v) is 2.41. The standard InChI is InChI=1S/C18H23NO/c1-4-17(19-3)16-11-7-8-12-18(16)20-13-15-10-6-5-9-14(15)2/h5-12,17,19H,4,13H2,1-3H3. The summed E-state index contributed by atoms with van der Waals surface area (Å²) < 4.78 is 6.05. The Kier molecular flexibility index (Phi) is 5.19. The molecule has 2 nitrogen and oxygen atoms in total. The summed E-state index contributed by atoms with van der Waals surface area (Å²) in [4.78, 5) is 0. The van der Waals surface area contributed by atoms with Crippen molar-refractivity contribution >= 4 is 0 Å². The number of nitrogens with one attached hydrogen (secondary N) is 1. The van der Waals surface area contributed by atoms with Gasteiger partial charge in [-0.05, 0) is 37.6 Å². The number of hydrogen-bond acceptors (Lipinski definition) is 2. The molecule has 2 rings (SSSR count). The van der Waals surface area contributed by atoms with Gasteiger partial charge in [0, 0.05) is 11.6 Å². The molecule has 20 heavy (non-hydrogen) atoms. The quantitative estimate of drug-likeness (QED) is 0.846. The third-order valence-electron chi connectivity index (χ3n) is 3.70. The molecule has 106 valence electrons. The van der Waals surface area contributed by atoms with Crippen LogP contribution in [0.3, 0.4) is 0 Å². The van der Waals surface area contributed by atoms with Crippen LogP contribution in [0.15, 0.2) is 48.5 Å². The average molecular weight is 269 g/mol. The summed E-state index contributed by atoms with van der Waals surface area (Å²) in [7, 11) is 1.99. The van der Waals surface area contributed by atoms with E-state index in [2.05, 4.69) is 55.6 Å². The third-order valence-corrected chi connectivity index (χ3v) is 3.70. The molecule has 2 aromatic rings. The normalized spacial score (nSPS) is 12.2. The van der Waals surface area contributed by atoms with Gasteiger partial charge in [0.25, 0.3) is 0 Å². The van der Waals surface area contributed by atoms with E-state index in [-0.39, 0.29) is 0 Å². The summed E-state index contributed by atoms with van der Waals surface area (Å²) in [6, 6.07) is 17.0. The molecule has 1 unspecified atom stereocenters. The molecule has 0 saturated carbocycles. The van der Waals surface area contributed by atoms with E-state index >= 15 is 0 Å². The number of benzene rings is 2. The number of rotatable bonds is 6. The van der Waals surface area contributed by atoms with Gasteiger partial charge in [0.15, 0.2) is 0 Å². The van der Waals surface area contributed by atoms with E-state index in [0.29, 0.717) is 12.6 Å². The maximum Gasteiger partial charge on any atom is 0.124 e. The topological polar surface area (TPSA) is 21.3 Å². The van der Waals surface area contributed by atoms with Crippen LogP contribution in [-0.4, -0.2) is 7.05 Å². The number of hydrogen-bond donors (Lipinski definition) is 1. The molecule has 0 aliphatic rings. The molecule has 1 N–H and O–H groups in total. The third kappa shape index (κ3) is 3.40. The minimum atomic E-state index is 0.336. The van der Waals surface area contributed by atoms with Crippen LogP contribution in [0.5, 0.6) is 5.75 Å². The van der Waals surface area contributed by atoms with Crippen LogP contribution in [0.2, 0.25) is 0 Å². The zero-order chi connectivity index (χ0) is 14.4. The summed E-state index contributed by atoms with van der Waals surface area (Å²) in [5.74, 6) is 0.969. The van der Waals surface area contributed by atoms with Gasteiger partial charge in [-0.3, -0.25) is 0 Å². The van der Waals surface area contributed by atoms with Gasteiger partial charge in [-0.25, -0.2) is 0 Å². The summed E-state index contributed by atoms with van der Waals surface area (Å²) in [5.41, 5.74) is 3.73. The molecule has 0 radical (unpaired) electrons. The molecule has 0 aliphatic heterocycles. The SMILES string of the molecule is CCC(NC)c1ccccc1OCc1ccccc1C. The van der Waals surface area contributed by atoms with Gasteiger partial charge in [-0.1, -0.05) is 49.4 Å². The van der Waals surface area contributed by atoms with Gasteiger partial charge in [0.1, 0.15) is 12.4 Å². The Balaban J connectivity index is 2.16. The van der Waals surface area contributed by atoms with Gasteiger partial charge in [0.2, 0.25) is 0 Å². The first-order valence-corrected chi connectivity index (χ1v) is 7.19. The molecule has 0 saturated heterocycles. The maximum absolute atomic E-state index is 6.05. The van der Waals surface area contributed by atoms with Crippen LogP contribution >= 0.6 is 0 Å². The lowest BCUT2D eigenvalue weighted by Gasteiger charge is -2.19. The summed E-state index contributed by atoms with van der Waals surface area (Å²) >= 11 is 0. The molecule has 0 fully saturated rings. The molecule has 0 aliphatic carbocycles. The molecule has 0 aromatic heterocycles. The Labute approximate surface area is 121 Å².